The highest BCUT2D eigenvalue weighted by molar-refractivity contribution is 7.15. The monoisotopic (exact) mass is 1010 g/mol. The van der Waals surface area contributed by atoms with Gasteiger partial charge in [0.05, 0.1) is 34.4 Å². The highest BCUT2D eigenvalue weighted by Gasteiger charge is 2.42. The molecule has 7 aromatic rings. The molecule has 0 spiro atoms. The Hall–Kier alpha value is -6.56. The van der Waals surface area contributed by atoms with Crippen LogP contribution in [0.15, 0.2) is 89.8 Å². The number of rotatable bonds is 14. The van der Waals surface area contributed by atoms with Crippen LogP contribution in [0.25, 0.3) is 26.6 Å². The lowest BCUT2D eigenvalue weighted by molar-refractivity contribution is -0.142. The van der Waals surface area contributed by atoms with Crippen molar-refractivity contribution >= 4 is 57.7 Å². The molecule has 5 aromatic heterocycles. The van der Waals surface area contributed by atoms with E-state index < -0.39 is 18.1 Å². The van der Waals surface area contributed by atoms with Gasteiger partial charge < -0.3 is 20.3 Å². The molecule has 18 heteroatoms. The third-order valence-electron chi connectivity index (χ3n) is 13.8. The number of aryl methyl sites for hydroxylation is 3. The molecule has 3 aliphatic rings. The predicted molar refractivity (Wildman–Crippen MR) is 276 cm³/mol. The van der Waals surface area contributed by atoms with Gasteiger partial charge in [-0.05, 0) is 86.4 Å². The zero-order chi connectivity index (χ0) is 49.7. The Labute approximate surface area is 425 Å². The molecule has 2 aliphatic heterocycles. The number of nitrogens with zero attached hydrogens (tertiary/aromatic N) is 9. The molecule has 366 valence electrons. The van der Waals surface area contributed by atoms with E-state index in [0.29, 0.717) is 49.1 Å². The Morgan fingerprint density at radius 3 is 2.41 bits per heavy atom. The first-order valence-corrected chi connectivity index (χ1v) is 26.2. The molecular weight excluding hydrogens is 954 g/mol. The van der Waals surface area contributed by atoms with Crippen LogP contribution in [0.3, 0.4) is 0 Å². The van der Waals surface area contributed by atoms with E-state index >= 15 is 0 Å². The summed E-state index contributed by atoms with van der Waals surface area (Å²) in [4.78, 5) is 60.1. The van der Waals surface area contributed by atoms with Gasteiger partial charge in [-0.2, -0.15) is 5.10 Å². The second kappa shape index (κ2) is 19.9. The van der Waals surface area contributed by atoms with Gasteiger partial charge in [0.15, 0.2) is 5.82 Å². The first-order chi connectivity index (χ1) is 34.2. The fraction of sp³-hybridized carbons (Fsp3) is 0.377. The Balaban J connectivity index is 0.757. The Bertz CT molecular complexity index is 3150. The number of hydrogen-bond acceptors (Lipinski definition) is 12. The highest BCUT2D eigenvalue weighted by Crippen LogP contribution is 2.40. The molecule has 2 aromatic carbocycles. The van der Waals surface area contributed by atoms with Gasteiger partial charge in [0.1, 0.15) is 35.1 Å². The van der Waals surface area contributed by atoms with Crippen molar-refractivity contribution in [3.05, 3.63) is 134 Å². The predicted octanol–water partition coefficient (Wildman–Crippen LogP) is 9.36. The van der Waals surface area contributed by atoms with E-state index in [-0.39, 0.29) is 48.1 Å². The van der Waals surface area contributed by atoms with Crippen molar-refractivity contribution in [2.75, 3.05) is 6.54 Å². The molecule has 2 fully saturated rings. The Morgan fingerprint density at radius 1 is 0.915 bits per heavy atom. The molecule has 3 amide bonds. The summed E-state index contributed by atoms with van der Waals surface area (Å²) in [6.07, 6.45) is 7.12. The van der Waals surface area contributed by atoms with Crippen molar-refractivity contribution in [2.24, 2.45) is 16.8 Å². The standard InChI is InChI=1S/C53H56ClN11O4S2/c1-28(2)48(52(68)63-25-29(3)18-43(63)51(67)56-23-34-8-10-36(11-9-34)49-31(5)57-27-70-49)64-26-38(24-58-64)37-16-17-55-45(19-37)69-41-20-40(21-41)59-44(66)22-42-50-62-61-33(7)65(50)53-46(30(4)32(6)71-53)47(60-42)35-12-14-39(54)15-13-35/h8-17,19,24,26-29,40-43,48H,18,20-23,25H2,1-7H3,(H,56,67)(H,59,66)/t29-,40?,41?,42+,43+,48-/m1/s1. The van der Waals surface area contributed by atoms with Gasteiger partial charge >= 0.3 is 0 Å². The number of aliphatic imine (C=N–C) groups is 1. The number of thiazole rings is 1. The molecule has 1 saturated heterocycles. The maximum Gasteiger partial charge on any atom is 0.248 e. The SMILES string of the molecule is Cc1ncsc1-c1ccc(CNC(=O)[C@@H]2C[C@@H](C)CN2C(=O)[C@@H](C(C)C)n2cc(-c3ccnc(OC4CC(NC(=O)C[C@@H]5N=C(c6ccc(Cl)cc6)c6c(sc(C)c6C)-n6c(C)nnc65)C4)c3)cn2)cc1. The van der Waals surface area contributed by atoms with Gasteiger partial charge in [0.25, 0.3) is 0 Å². The van der Waals surface area contributed by atoms with Crippen LogP contribution in [0.2, 0.25) is 5.02 Å². The highest BCUT2D eigenvalue weighted by atomic mass is 35.5. The number of carbonyl (C=O) groups excluding carboxylic acids is 3. The molecule has 0 unspecified atom stereocenters. The summed E-state index contributed by atoms with van der Waals surface area (Å²) in [5.74, 6) is 1.49. The van der Waals surface area contributed by atoms with Crippen LogP contribution < -0.4 is 15.4 Å². The average Bonchev–Trinajstić information content (AvgIpc) is 4.19. The van der Waals surface area contributed by atoms with Crippen LogP contribution in [0.5, 0.6) is 5.88 Å². The van der Waals surface area contributed by atoms with E-state index in [1.54, 1.807) is 44.6 Å². The van der Waals surface area contributed by atoms with Gasteiger partial charge in [-0.3, -0.25) is 28.6 Å². The lowest BCUT2D eigenvalue weighted by atomic mass is 9.89. The van der Waals surface area contributed by atoms with E-state index in [1.165, 1.54) is 4.88 Å². The Kier molecular flexibility index (Phi) is 13.5. The molecule has 7 heterocycles. The van der Waals surface area contributed by atoms with Crippen LogP contribution in [-0.4, -0.2) is 87.6 Å². The molecule has 0 bridgehead atoms. The second-order valence-electron chi connectivity index (χ2n) is 19.4. The molecule has 1 saturated carbocycles. The van der Waals surface area contributed by atoms with Crippen LogP contribution in [0.1, 0.15) is 103 Å². The minimum atomic E-state index is -0.615. The summed E-state index contributed by atoms with van der Waals surface area (Å²) < 4.78 is 10.1. The molecule has 1 aliphatic carbocycles. The molecule has 2 N–H and O–H groups in total. The fourth-order valence-electron chi connectivity index (χ4n) is 9.91. The second-order valence-corrected chi connectivity index (χ2v) is 21.9. The third kappa shape index (κ3) is 9.79. The number of halogens is 1. The quantitative estimate of drug-likeness (QED) is 0.108. The minimum Gasteiger partial charge on any atom is -0.474 e. The van der Waals surface area contributed by atoms with Crippen molar-refractivity contribution in [1.29, 1.82) is 0 Å². The van der Waals surface area contributed by atoms with Gasteiger partial charge in [0.2, 0.25) is 23.6 Å². The smallest absolute Gasteiger partial charge is 0.248 e. The number of nitrogens with one attached hydrogen (secondary N) is 2. The summed E-state index contributed by atoms with van der Waals surface area (Å²) >= 11 is 9.57. The number of carbonyl (C=O) groups is 3. The number of pyridine rings is 1. The molecular formula is C53H56ClN11O4S2. The molecule has 4 atom stereocenters. The van der Waals surface area contributed by atoms with Gasteiger partial charge in [-0.15, -0.1) is 32.9 Å². The van der Waals surface area contributed by atoms with Crippen molar-refractivity contribution in [2.45, 2.75) is 111 Å². The van der Waals surface area contributed by atoms with E-state index in [1.807, 2.05) is 92.5 Å². The summed E-state index contributed by atoms with van der Waals surface area (Å²) in [5.41, 5.74) is 10.4. The first kappa shape index (κ1) is 48.1. The molecule has 10 rings (SSSR count). The summed E-state index contributed by atoms with van der Waals surface area (Å²) in [6, 6.07) is 17.7. The fourth-order valence-corrected chi connectivity index (χ4v) is 12.1. The van der Waals surface area contributed by atoms with Crippen molar-refractivity contribution < 1.29 is 19.1 Å². The molecule has 71 heavy (non-hydrogen) atoms. The van der Waals surface area contributed by atoms with Crippen molar-refractivity contribution in [3.63, 3.8) is 0 Å². The zero-order valence-electron chi connectivity index (χ0n) is 40.7. The van der Waals surface area contributed by atoms with Crippen molar-refractivity contribution in [3.8, 4) is 32.4 Å². The van der Waals surface area contributed by atoms with Crippen molar-refractivity contribution in [1.82, 2.24) is 50.0 Å². The normalized spacial score (nSPS) is 19.9. The topological polar surface area (TPSA) is 174 Å². The van der Waals surface area contributed by atoms with Gasteiger partial charge in [0, 0.05) is 77.0 Å². The van der Waals surface area contributed by atoms with Crippen LogP contribution >= 0.6 is 34.3 Å². The number of hydrogen-bond donors (Lipinski definition) is 2. The maximum atomic E-state index is 14.5. The third-order valence-corrected chi connectivity index (χ3v) is 16.3. The van der Waals surface area contributed by atoms with Crippen LogP contribution in [0, 0.1) is 39.5 Å². The van der Waals surface area contributed by atoms with E-state index in [0.717, 1.165) is 66.1 Å². The number of likely N-dealkylation sites (tertiary alicyclic amines) is 1. The number of ether oxygens (including phenoxy) is 1. The average molecular weight is 1010 g/mol. The minimum absolute atomic E-state index is 0.0723. The first-order valence-electron chi connectivity index (χ1n) is 24.1. The number of benzene rings is 2. The number of aromatic nitrogens is 7. The van der Waals surface area contributed by atoms with Gasteiger partial charge in [-0.1, -0.05) is 68.8 Å². The van der Waals surface area contributed by atoms with Gasteiger partial charge in [-0.25, -0.2) is 9.97 Å². The van der Waals surface area contributed by atoms with E-state index in [2.05, 4.69) is 63.7 Å². The zero-order valence-corrected chi connectivity index (χ0v) is 43.1. The largest absolute Gasteiger partial charge is 0.474 e. The van der Waals surface area contributed by atoms with Crippen LogP contribution in [-0.2, 0) is 20.9 Å². The van der Waals surface area contributed by atoms with E-state index in [9.17, 15) is 14.4 Å². The Morgan fingerprint density at radius 2 is 1.68 bits per heavy atom. The number of amides is 3. The summed E-state index contributed by atoms with van der Waals surface area (Å²) in [5, 5.41) is 21.6. The maximum absolute atomic E-state index is 14.5. The number of fused-ring (bicyclic) bond motifs is 3. The lowest BCUT2D eigenvalue weighted by Crippen LogP contribution is -2.49. The summed E-state index contributed by atoms with van der Waals surface area (Å²) in [6.45, 7) is 15.1. The molecule has 15 nitrogen and oxygen atoms in total. The lowest BCUT2D eigenvalue weighted by Gasteiger charge is -2.35. The molecule has 0 radical (unpaired) electrons. The number of thiophene rings is 1. The summed E-state index contributed by atoms with van der Waals surface area (Å²) in [7, 11) is 0. The van der Waals surface area contributed by atoms with Crippen LogP contribution in [0.4, 0.5) is 0 Å². The van der Waals surface area contributed by atoms with E-state index in [4.69, 9.17) is 26.4 Å².